The molecule has 0 amide bonds. The molecule has 0 aliphatic rings. The van der Waals surface area contributed by atoms with Crippen molar-refractivity contribution in [3.8, 4) is 0 Å². The molecule has 0 saturated carbocycles. The lowest BCUT2D eigenvalue weighted by Gasteiger charge is -2.18. The van der Waals surface area contributed by atoms with Crippen molar-refractivity contribution in [1.82, 2.24) is 0 Å². The number of hydrogen-bond donors (Lipinski definition) is 0. The summed E-state index contributed by atoms with van der Waals surface area (Å²) in [6, 6.07) is 0. The van der Waals surface area contributed by atoms with E-state index >= 15 is 0 Å². The zero-order chi connectivity index (χ0) is 56.4. The molecule has 0 N–H and O–H groups in total. The van der Waals surface area contributed by atoms with Crippen LogP contribution in [0.25, 0.3) is 0 Å². The Morgan fingerprint density at radius 3 is 0.808 bits per heavy atom. The Balaban J connectivity index is 4.17. The maximum atomic E-state index is 12.9. The molecule has 1 atom stereocenters. The minimum absolute atomic E-state index is 0.0945. The molecule has 0 aromatic heterocycles. The highest BCUT2D eigenvalue weighted by Crippen LogP contribution is 2.16. The van der Waals surface area contributed by atoms with Gasteiger partial charge in [0.15, 0.2) is 6.10 Å². The molecule has 0 saturated heterocycles. The molecule has 0 aliphatic carbocycles. The van der Waals surface area contributed by atoms with Gasteiger partial charge in [0.25, 0.3) is 0 Å². The van der Waals surface area contributed by atoms with Gasteiger partial charge in [0, 0.05) is 19.3 Å². The second-order valence-corrected chi connectivity index (χ2v) is 21.3. The maximum Gasteiger partial charge on any atom is 0.306 e. The van der Waals surface area contributed by atoms with Gasteiger partial charge >= 0.3 is 17.9 Å². The van der Waals surface area contributed by atoms with E-state index < -0.39 is 6.10 Å². The standard InChI is InChI=1S/C72H120O6/c1-4-7-10-13-16-19-21-23-25-27-29-31-32-33-34-35-36-37-38-39-40-42-43-45-47-49-51-53-56-59-62-65-71(74)77-68-69(67-76-70(73)64-61-58-55-18-15-12-9-6-3)78-72(75)66-63-60-57-54-52-50-48-46-44-41-30-28-26-24-22-20-17-14-11-8-5-2/h7-8,10-11,16-17,19-20,23-26,29-31,41,46,48,52,54,69H,4-6,9,12-15,18,21-22,27-28,32-40,42-45,47,49-51,53,55-68H2,1-3H3/b10-7-,11-8-,19-16-,20-17-,25-23-,26-24-,31-29-,41-30-,48-46-,54-52-. The van der Waals surface area contributed by atoms with Gasteiger partial charge in [0.05, 0.1) is 0 Å². The van der Waals surface area contributed by atoms with Gasteiger partial charge in [0.1, 0.15) is 13.2 Å². The van der Waals surface area contributed by atoms with Crippen molar-refractivity contribution in [3.63, 3.8) is 0 Å². The fourth-order valence-electron chi connectivity index (χ4n) is 8.91. The predicted molar refractivity (Wildman–Crippen MR) is 339 cm³/mol. The number of hydrogen-bond acceptors (Lipinski definition) is 6. The largest absolute Gasteiger partial charge is 0.462 e. The van der Waals surface area contributed by atoms with Crippen LogP contribution in [0.5, 0.6) is 0 Å². The van der Waals surface area contributed by atoms with Crippen LogP contribution in [0.4, 0.5) is 0 Å². The zero-order valence-electron chi connectivity index (χ0n) is 50.9. The second-order valence-electron chi connectivity index (χ2n) is 21.3. The van der Waals surface area contributed by atoms with Gasteiger partial charge in [-0.05, 0) is 109 Å². The van der Waals surface area contributed by atoms with E-state index in [1.807, 2.05) is 0 Å². The molecule has 0 aromatic rings. The van der Waals surface area contributed by atoms with E-state index in [2.05, 4.69) is 142 Å². The molecule has 0 aromatic carbocycles. The fourth-order valence-corrected chi connectivity index (χ4v) is 8.91. The van der Waals surface area contributed by atoms with Gasteiger partial charge in [-0.1, -0.05) is 290 Å². The molecule has 0 heterocycles. The Hall–Kier alpha value is -4.19. The van der Waals surface area contributed by atoms with Gasteiger partial charge < -0.3 is 14.2 Å². The highest BCUT2D eigenvalue weighted by molar-refractivity contribution is 5.71. The first-order chi connectivity index (χ1) is 38.5. The lowest BCUT2D eigenvalue weighted by molar-refractivity contribution is -0.167. The third kappa shape index (κ3) is 62.7. The number of allylic oxidation sites excluding steroid dienone is 20. The Bertz CT molecular complexity index is 1620. The minimum atomic E-state index is -0.800. The Labute approximate surface area is 482 Å². The van der Waals surface area contributed by atoms with Crippen molar-refractivity contribution < 1.29 is 28.6 Å². The topological polar surface area (TPSA) is 78.9 Å². The van der Waals surface area contributed by atoms with Crippen LogP contribution in [-0.4, -0.2) is 37.2 Å². The summed E-state index contributed by atoms with van der Waals surface area (Å²) in [6.07, 6.45) is 91.0. The molecule has 0 rings (SSSR count). The normalized spacial score (nSPS) is 12.9. The molecular weight excluding hydrogens is 961 g/mol. The van der Waals surface area contributed by atoms with E-state index in [0.717, 1.165) is 116 Å². The van der Waals surface area contributed by atoms with Crippen LogP contribution in [0, 0.1) is 0 Å². The van der Waals surface area contributed by atoms with E-state index in [4.69, 9.17) is 14.2 Å². The van der Waals surface area contributed by atoms with Gasteiger partial charge in [0.2, 0.25) is 0 Å². The Morgan fingerprint density at radius 2 is 0.500 bits per heavy atom. The minimum Gasteiger partial charge on any atom is -0.462 e. The van der Waals surface area contributed by atoms with Crippen molar-refractivity contribution in [2.45, 2.75) is 303 Å². The maximum absolute atomic E-state index is 12.9. The summed E-state index contributed by atoms with van der Waals surface area (Å²) in [6.45, 7) is 6.36. The average molecular weight is 1080 g/mol. The van der Waals surface area contributed by atoms with Crippen LogP contribution in [-0.2, 0) is 28.6 Å². The molecule has 0 aliphatic heterocycles. The molecule has 0 spiro atoms. The van der Waals surface area contributed by atoms with E-state index in [-0.39, 0.29) is 37.5 Å². The SMILES string of the molecule is CC/C=C\C/C=C\C/C=C\C/C=C\C/C=C\C/C=C\CCCCC(=O)OC(COC(=O)CCCCCCCCCC)COC(=O)CCCCCCCCCCCCCCCCCCCC/C=C\C/C=C\C/C=C\C/C=C\CC. The second kappa shape index (κ2) is 65.3. The first-order valence-electron chi connectivity index (χ1n) is 32.5. The molecule has 6 nitrogen and oxygen atoms in total. The highest BCUT2D eigenvalue weighted by Gasteiger charge is 2.19. The number of rotatable bonds is 58. The summed E-state index contributed by atoms with van der Waals surface area (Å²) in [4.78, 5) is 38.1. The third-order valence-corrected chi connectivity index (χ3v) is 13.7. The predicted octanol–water partition coefficient (Wildman–Crippen LogP) is 22.4. The van der Waals surface area contributed by atoms with E-state index in [9.17, 15) is 14.4 Å². The monoisotopic (exact) mass is 1080 g/mol. The van der Waals surface area contributed by atoms with Crippen LogP contribution in [0.15, 0.2) is 122 Å². The van der Waals surface area contributed by atoms with Crippen LogP contribution in [0.1, 0.15) is 297 Å². The van der Waals surface area contributed by atoms with Crippen LogP contribution >= 0.6 is 0 Å². The lowest BCUT2D eigenvalue weighted by Crippen LogP contribution is -2.30. The quantitative estimate of drug-likeness (QED) is 0.0261. The molecule has 0 radical (unpaired) electrons. The average Bonchev–Trinajstić information content (AvgIpc) is 3.44. The summed E-state index contributed by atoms with van der Waals surface area (Å²) >= 11 is 0. The fraction of sp³-hybridized carbons (Fsp3) is 0.681. The molecule has 444 valence electrons. The molecule has 0 fully saturated rings. The number of unbranched alkanes of at least 4 members (excludes halogenated alkanes) is 27. The lowest BCUT2D eigenvalue weighted by atomic mass is 10.0. The van der Waals surface area contributed by atoms with Crippen LogP contribution < -0.4 is 0 Å². The summed E-state index contributed by atoms with van der Waals surface area (Å²) in [5.41, 5.74) is 0. The summed E-state index contributed by atoms with van der Waals surface area (Å²) in [5.74, 6) is -0.937. The van der Waals surface area contributed by atoms with Gasteiger partial charge in [-0.2, -0.15) is 0 Å². The molecular formula is C72H120O6. The van der Waals surface area contributed by atoms with Gasteiger partial charge in [-0.15, -0.1) is 0 Å². The van der Waals surface area contributed by atoms with E-state index in [0.29, 0.717) is 19.3 Å². The van der Waals surface area contributed by atoms with Crippen LogP contribution in [0.2, 0.25) is 0 Å². The Kier molecular flexibility index (Phi) is 61.8. The van der Waals surface area contributed by atoms with Crippen molar-refractivity contribution >= 4 is 17.9 Å². The molecule has 1 unspecified atom stereocenters. The van der Waals surface area contributed by atoms with Gasteiger partial charge in [-0.3, -0.25) is 14.4 Å². The van der Waals surface area contributed by atoms with Crippen molar-refractivity contribution in [2.75, 3.05) is 13.2 Å². The Morgan fingerprint density at radius 1 is 0.269 bits per heavy atom. The zero-order valence-corrected chi connectivity index (χ0v) is 50.9. The summed E-state index contributed by atoms with van der Waals surface area (Å²) < 4.78 is 16.8. The first kappa shape index (κ1) is 73.8. The number of esters is 3. The summed E-state index contributed by atoms with van der Waals surface area (Å²) in [5, 5.41) is 0. The first-order valence-corrected chi connectivity index (χ1v) is 32.5. The van der Waals surface area contributed by atoms with Crippen LogP contribution in [0.3, 0.4) is 0 Å². The summed E-state index contributed by atoms with van der Waals surface area (Å²) in [7, 11) is 0. The van der Waals surface area contributed by atoms with E-state index in [1.165, 1.54) is 135 Å². The number of ether oxygens (including phenoxy) is 3. The highest BCUT2D eigenvalue weighted by atomic mass is 16.6. The molecule has 0 bridgehead atoms. The van der Waals surface area contributed by atoms with Gasteiger partial charge in [-0.25, -0.2) is 0 Å². The van der Waals surface area contributed by atoms with E-state index in [1.54, 1.807) is 0 Å². The molecule has 6 heteroatoms. The number of carbonyl (C=O) groups is 3. The molecule has 78 heavy (non-hydrogen) atoms. The van der Waals surface area contributed by atoms with Crippen molar-refractivity contribution in [2.24, 2.45) is 0 Å². The smallest absolute Gasteiger partial charge is 0.306 e. The van der Waals surface area contributed by atoms with Crippen molar-refractivity contribution in [3.05, 3.63) is 122 Å². The van der Waals surface area contributed by atoms with Crippen molar-refractivity contribution in [1.29, 1.82) is 0 Å². The third-order valence-electron chi connectivity index (χ3n) is 13.7. The number of carbonyl (C=O) groups excluding carboxylic acids is 3.